The topological polar surface area (TPSA) is 67.9 Å². The molecule has 3 rings (SSSR count). The summed E-state index contributed by atoms with van der Waals surface area (Å²) in [4.78, 5) is 25.3. The molecule has 1 heterocycles. The van der Waals surface area contributed by atoms with Crippen molar-refractivity contribution in [2.75, 3.05) is 12.1 Å². The first-order chi connectivity index (χ1) is 13.4. The van der Waals surface area contributed by atoms with Crippen LogP contribution in [0, 0.1) is 0 Å². The van der Waals surface area contributed by atoms with E-state index in [-0.39, 0.29) is 11.7 Å². The first kappa shape index (κ1) is 19.8. The maximum Gasteiger partial charge on any atom is 0.282 e. The molecule has 0 bridgehead atoms. The van der Waals surface area contributed by atoms with Crippen LogP contribution in [0.5, 0.6) is 11.5 Å². The Morgan fingerprint density at radius 2 is 1.93 bits per heavy atom. The maximum absolute atomic E-state index is 12.8. The highest BCUT2D eigenvalue weighted by molar-refractivity contribution is 6.32. The summed E-state index contributed by atoms with van der Waals surface area (Å²) in [6.45, 7) is 3.92. The third kappa shape index (κ3) is 3.97. The lowest BCUT2D eigenvalue weighted by Gasteiger charge is -2.18. The number of benzene rings is 2. The average molecular weight is 401 g/mol. The molecular weight excluding hydrogens is 380 g/mol. The van der Waals surface area contributed by atoms with Crippen LogP contribution in [0.2, 0.25) is 5.02 Å². The number of hydrogen-bond acceptors (Lipinski definition) is 4. The highest BCUT2D eigenvalue weighted by atomic mass is 35.5. The zero-order valence-corrected chi connectivity index (χ0v) is 16.6. The van der Waals surface area contributed by atoms with Crippen molar-refractivity contribution in [1.82, 2.24) is 5.43 Å². The SMILES string of the molecule is CC[C@H](C)Oc1c(/C=C2/C(=O)NN(c3ccccc3)C2=O)cc(Cl)cc1OC. The van der Waals surface area contributed by atoms with Crippen molar-refractivity contribution in [3.05, 3.63) is 58.6 Å². The van der Waals surface area contributed by atoms with Gasteiger partial charge in [0.2, 0.25) is 0 Å². The molecule has 0 aliphatic carbocycles. The number of amides is 2. The summed E-state index contributed by atoms with van der Waals surface area (Å²) in [5, 5.41) is 1.62. The van der Waals surface area contributed by atoms with Crippen LogP contribution in [-0.4, -0.2) is 25.0 Å². The van der Waals surface area contributed by atoms with Crippen LogP contribution in [0.3, 0.4) is 0 Å². The molecule has 146 valence electrons. The number of carbonyl (C=O) groups is 2. The van der Waals surface area contributed by atoms with Crippen molar-refractivity contribution in [2.45, 2.75) is 26.4 Å². The van der Waals surface area contributed by atoms with Crippen molar-refractivity contribution < 1.29 is 19.1 Å². The van der Waals surface area contributed by atoms with E-state index in [1.165, 1.54) is 18.2 Å². The van der Waals surface area contributed by atoms with E-state index >= 15 is 0 Å². The Hall–Kier alpha value is -2.99. The second kappa shape index (κ2) is 8.35. The number of carbonyl (C=O) groups excluding carboxylic acids is 2. The summed E-state index contributed by atoms with van der Waals surface area (Å²) in [6, 6.07) is 12.2. The molecule has 0 saturated carbocycles. The van der Waals surface area contributed by atoms with Crippen molar-refractivity contribution in [2.24, 2.45) is 0 Å². The predicted molar refractivity (Wildman–Crippen MR) is 108 cm³/mol. The van der Waals surface area contributed by atoms with Crippen LogP contribution in [0.15, 0.2) is 48.0 Å². The Balaban J connectivity index is 2.04. The fourth-order valence-corrected chi connectivity index (χ4v) is 2.95. The fraction of sp³-hybridized carbons (Fsp3) is 0.238. The van der Waals surface area contributed by atoms with E-state index in [1.807, 2.05) is 19.9 Å². The van der Waals surface area contributed by atoms with Crippen LogP contribution in [0.25, 0.3) is 6.08 Å². The zero-order valence-electron chi connectivity index (χ0n) is 15.9. The molecule has 1 fully saturated rings. The van der Waals surface area contributed by atoms with Gasteiger partial charge in [0.15, 0.2) is 11.5 Å². The number of ether oxygens (including phenoxy) is 2. The Morgan fingerprint density at radius 1 is 1.21 bits per heavy atom. The molecule has 0 unspecified atom stereocenters. The molecule has 7 heteroatoms. The highest BCUT2D eigenvalue weighted by Crippen LogP contribution is 2.37. The highest BCUT2D eigenvalue weighted by Gasteiger charge is 2.34. The van der Waals surface area contributed by atoms with Gasteiger partial charge in [0.05, 0.1) is 18.9 Å². The molecule has 2 aromatic rings. The third-order valence-corrected chi connectivity index (χ3v) is 4.59. The molecule has 1 aliphatic heterocycles. The van der Waals surface area contributed by atoms with Crippen molar-refractivity contribution in [1.29, 1.82) is 0 Å². The van der Waals surface area contributed by atoms with Gasteiger partial charge in [0, 0.05) is 16.7 Å². The van der Waals surface area contributed by atoms with Crippen molar-refractivity contribution in [3.8, 4) is 11.5 Å². The summed E-state index contributed by atoms with van der Waals surface area (Å²) < 4.78 is 11.4. The second-order valence-corrected chi connectivity index (χ2v) is 6.77. The molecule has 2 amide bonds. The molecule has 1 aliphatic rings. The average Bonchev–Trinajstić information content (AvgIpc) is 2.98. The van der Waals surface area contributed by atoms with Crippen LogP contribution in [-0.2, 0) is 9.59 Å². The lowest BCUT2D eigenvalue weighted by atomic mass is 10.1. The van der Waals surface area contributed by atoms with Gasteiger partial charge in [-0.15, -0.1) is 0 Å². The molecule has 6 nitrogen and oxygen atoms in total. The lowest BCUT2D eigenvalue weighted by molar-refractivity contribution is -0.117. The lowest BCUT2D eigenvalue weighted by Crippen LogP contribution is -2.35. The second-order valence-electron chi connectivity index (χ2n) is 6.34. The Labute approximate surface area is 168 Å². The zero-order chi connectivity index (χ0) is 20.3. The minimum absolute atomic E-state index is 0.0119. The van der Waals surface area contributed by atoms with E-state index in [9.17, 15) is 9.59 Å². The largest absolute Gasteiger partial charge is 0.493 e. The maximum atomic E-state index is 12.8. The van der Waals surface area contributed by atoms with Gasteiger partial charge in [-0.1, -0.05) is 36.7 Å². The standard InChI is InChI=1S/C21H21ClN2O4/c1-4-13(2)28-19-14(10-15(22)12-18(19)27-3)11-17-20(25)23-24(21(17)26)16-8-6-5-7-9-16/h5-13H,4H2,1-3H3,(H,23,25)/b17-11-/t13-/m0/s1. The van der Waals surface area contributed by atoms with Gasteiger partial charge >= 0.3 is 0 Å². The smallest absolute Gasteiger partial charge is 0.282 e. The van der Waals surface area contributed by atoms with Gasteiger partial charge in [-0.05, 0) is 37.6 Å². The van der Waals surface area contributed by atoms with Crippen LogP contribution >= 0.6 is 11.6 Å². The molecule has 2 aromatic carbocycles. The molecule has 0 spiro atoms. The Bertz CT molecular complexity index is 928. The predicted octanol–water partition coefficient (Wildman–Crippen LogP) is 3.99. The minimum Gasteiger partial charge on any atom is -0.493 e. The summed E-state index contributed by atoms with van der Waals surface area (Å²) in [5.41, 5.74) is 3.64. The summed E-state index contributed by atoms with van der Waals surface area (Å²) >= 11 is 6.19. The number of rotatable bonds is 6. The van der Waals surface area contributed by atoms with Crippen LogP contribution < -0.4 is 19.9 Å². The number of nitrogens with one attached hydrogen (secondary N) is 1. The van der Waals surface area contributed by atoms with E-state index in [0.29, 0.717) is 27.8 Å². The van der Waals surface area contributed by atoms with Gasteiger partial charge in [0.1, 0.15) is 5.57 Å². The minimum atomic E-state index is -0.498. The van der Waals surface area contributed by atoms with Crippen LogP contribution in [0.4, 0.5) is 5.69 Å². The van der Waals surface area contributed by atoms with E-state index < -0.39 is 11.8 Å². The van der Waals surface area contributed by atoms with E-state index in [4.69, 9.17) is 21.1 Å². The number of halogens is 1. The van der Waals surface area contributed by atoms with Crippen molar-refractivity contribution in [3.63, 3.8) is 0 Å². The first-order valence-corrected chi connectivity index (χ1v) is 9.28. The number of methoxy groups -OCH3 is 1. The summed E-state index contributed by atoms with van der Waals surface area (Å²) in [7, 11) is 1.51. The van der Waals surface area contributed by atoms with Gasteiger partial charge in [-0.2, -0.15) is 0 Å². The summed E-state index contributed by atoms with van der Waals surface area (Å²) in [6.07, 6.45) is 2.18. The molecular formula is C21H21ClN2O4. The Kier molecular flexibility index (Phi) is 5.90. The number of nitrogens with zero attached hydrogens (tertiary/aromatic N) is 1. The van der Waals surface area contributed by atoms with Gasteiger partial charge in [-0.3, -0.25) is 15.0 Å². The summed E-state index contributed by atoms with van der Waals surface area (Å²) in [5.74, 6) is -0.0788. The first-order valence-electron chi connectivity index (χ1n) is 8.91. The molecule has 1 saturated heterocycles. The van der Waals surface area contributed by atoms with Gasteiger partial charge in [0.25, 0.3) is 11.8 Å². The molecule has 28 heavy (non-hydrogen) atoms. The molecule has 1 N–H and O–H groups in total. The van der Waals surface area contributed by atoms with Crippen LogP contribution in [0.1, 0.15) is 25.8 Å². The Morgan fingerprint density at radius 3 is 2.57 bits per heavy atom. The quantitative estimate of drug-likeness (QED) is 0.588. The number of hydrazine groups is 1. The normalized spacial score (nSPS) is 16.3. The molecule has 0 radical (unpaired) electrons. The van der Waals surface area contributed by atoms with E-state index in [0.717, 1.165) is 6.42 Å². The van der Waals surface area contributed by atoms with E-state index in [1.54, 1.807) is 36.4 Å². The fourth-order valence-electron chi connectivity index (χ4n) is 2.73. The van der Waals surface area contributed by atoms with Gasteiger partial charge < -0.3 is 9.47 Å². The van der Waals surface area contributed by atoms with Gasteiger partial charge in [-0.25, -0.2) is 5.01 Å². The van der Waals surface area contributed by atoms with E-state index in [2.05, 4.69) is 5.43 Å². The number of para-hydroxylation sites is 1. The third-order valence-electron chi connectivity index (χ3n) is 4.37. The molecule has 1 atom stereocenters. The molecule has 0 aromatic heterocycles. The number of hydrogen-bond donors (Lipinski definition) is 1. The number of anilines is 1. The monoisotopic (exact) mass is 400 g/mol. The van der Waals surface area contributed by atoms with Crippen molar-refractivity contribution >= 4 is 35.2 Å².